The average Bonchev–Trinajstić information content (AvgIpc) is 3.49. The molecular weight excluding hydrogens is 454 g/mol. The molecule has 34 heavy (non-hydrogen) atoms. The van der Waals surface area contributed by atoms with Gasteiger partial charge in [-0.2, -0.15) is 4.31 Å². The van der Waals surface area contributed by atoms with Crippen LogP contribution in [0.5, 0.6) is 0 Å². The molecule has 10 heteroatoms. The predicted molar refractivity (Wildman–Crippen MR) is 127 cm³/mol. The van der Waals surface area contributed by atoms with Crippen molar-refractivity contribution in [2.24, 2.45) is 0 Å². The SMILES string of the molecule is CN(C1COC2(CCNCC2)C1)S(=O)(=O)c1ccc(CNC(=O)c2ccc3nccn3c2)cc1. The van der Waals surface area contributed by atoms with E-state index < -0.39 is 10.0 Å². The number of carbonyl (C=O) groups excluding carboxylic acids is 1. The van der Waals surface area contributed by atoms with Crippen LogP contribution in [0.1, 0.15) is 35.2 Å². The van der Waals surface area contributed by atoms with Crippen molar-refractivity contribution in [1.29, 1.82) is 0 Å². The summed E-state index contributed by atoms with van der Waals surface area (Å²) in [4.78, 5) is 16.9. The van der Waals surface area contributed by atoms with Gasteiger partial charge in [0.25, 0.3) is 5.91 Å². The molecule has 0 aliphatic carbocycles. The lowest BCUT2D eigenvalue weighted by Gasteiger charge is -2.33. The first-order chi connectivity index (χ1) is 16.4. The zero-order valence-electron chi connectivity index (χ0n) is 19.1. The van der Waals surface area contributed by atoms with Gasteiger partial charge >= 0.3 is 0 Å². The van der Waals surface area contributed by atoms with E-state index in [-0.39, 0.29) is 22.4 Å². The minimum Gasteiger partial charge on any atom is -0.373 e. The first-order valence-electron chi connectivity index (χ1n) is 11.5. The summed E-state index contributed by atoms with van der Waals surface area (Å²) in [7, 11) is -2.01. The highest BCUT2D eigenvalue weighted by molar-refractivity contribution is 7.89. The summed E-state index contributed by atoms with van der Waals surface area (Å²) in [5, 5.41) is 6.21. The number of aromatic nitrogens is 2. The van der Waals surface area contributed by atoms with Gasteiger partial charge in [0.2, 0.25) is 10.0 Å². The van der Waals surface area contributed by atoms with Crippen LogP contribution in [0.25, 0.3) is 5.65 Å². The van der Waals surface area contributed by atoms with Crippen molar-refractivity contribution in [3.63, 3.8) is 0 Å². The highest BCUT2D eigenvalue weighted by Gasteiger charge is 2.44. The first-order valence-corrected chi connectivity index (χ1v) is 12.9. The van der Waals surface area contributed by atoms with E-state index in [1.54, 1.807) is 66.4 Å². The Balaban J connectivity index is 1.21. The molecule has 5 rings (SSSR count). The maximum atomic E-state index is 13.2. The minimum atomic E-state index is -3.64. The summed E-state index contributed by atoms with van der Waals surface area (Å²) in [6, 6.07) is 10.0. The number of benzene rings is 1. The second-order valence-corrected chi connectivity index (χ2v) is 11.1. The van der Waals surface area contributed by atoms with Gasteiger partial charge in [-0.1, -0.05) is 12.1 Å². The van der Waals surface area contributed by atoms with Crippen molar-refractivity contribution in [3.8, 4) is 0 Å². The van der Waals surface area contributed by atoms with Crippen molar-refractivity contribution in [2.75, 3.05) is 26.7 Å². The molecule has 2 aliphatic heterocycles. The molecular formula is C24H29N5O4S. The lowest BCUT2D eigenvalue weighted by molar-refractivity contribution is -0.0197. The van der Waals surface area contributed by atoms with E-state index >= 15 is 0 Å². The van der Waals surface area contributed by atoms with Crippen LogP contribution in [0.4, 0.5) is 0 Å². The Bertz CT molecular complexity index is 1280. The number of imidazole rings is 1. The fraction of sp³-hybridized carbons (Fsp3) is 0.417. The number of carbonyl (C=O) groups is 1. The highest BCUT2D eigenvalue weighted by Crippen LogP contribution is 2.37. The summed E-state index contributed by atoms with van der Waals surface area (Å²) < 4.78 is 35.8. The van der Waals surface area contributed by atoms with Crippen molar-refractivity contribution in [2.45, 2.75) is 42.3 Å². The van der Waals surface area contributed by atoms with Crippen LogP contribution in [-0.2, 0) is 21.3 Å². The second-order valence-electron chi connectivity index (χ2n) is 9.06. The number of rotatable bonds is 6. The summed E-state index contributed by atoms with van der Waals surface area (Å²) in [6.45, 7) is 2.52. The van der Waals surface area contributed by atoms with Gasteiger partial charge in [-0.05, 0) is 62.2 Å². The normalized spacial score (nSPS) is 20.2. The average molecular weight is 484 g/mol. The maximum absolute atomic E-state index is 13.2. The van der Waals surface area contributed by atoms with Crippen LogP contribution >= 0.6 is 0 Å². The summed E-state index contributed by atoms with van der Waals surface area (Å²) in [5.74, 6) is -0.208. The minimum absolute atomic E-state index is 0.171. The fourth-order valence-electron chi connectivity index (χ4n) is 4.77. The van der Waals surface area contributed by atoms with Gasteiger partial charge < -0.3 is 19.8 Å². The third-order valence-electron chi connectivity index (χ3n) is 6.92. The number of piperidine rings is 1. The zero-order valence-corrected chi connectivity index (χ0v) is 19.9. The Morgan fingerprint density at radius 1 is 1.24 bits per heavy atom. The van der Waals surface area contributed by atoms with Crippen molar-refractivity contribution >= 4 is 21.6 Å². The number of amides is 1. The maximum Gasteiger partial charge on any atom is 0.253 e. The Kier molecular flexibility index (Phi) is 6.15. The Morgan fingerprint density at radius 2 is 2.00 bits per heavy atom. The molecule has 1 atom stereocenters. The molecule has 2 N–H and O–H groups in total. The van der Waals surface area contributed by atoms with Crippen LogP contribution in [0, 0.1) is 0 Å². The smallest absolute Gasteiger partial charge is 0.253 e. The van der Waals surface area contributed by atoms with E-state index in [0.717, 1.165) is 43.6 Å². The lowest BCUT2D eigenvalue weighted by Crippen LogP contribution is -2.43. The summed E-state index contributed by atoms with van der Waals surface area (Å²) in [6.07, 6.45) is 7.73. The largest absolute Gasteiger partial charge is 0.373 e. The number of nitrogens with one attached hydrogen (secondary N) is 2. The van der Waals surface area contributed by atoms with Crippen molar-refractivity contribution < 1.29 is 17.9 Å². The fourth-order valence-corrected chi connectivity index (χ4v) is 6.11. The monoisotopic (exact) mass is 483 g/mol. The number of hydrogen-bond donors (Lipinski definition) is 2. The molecule has 2 saturated heterocycles. The second kappa shape index (κ2) is 9.10. The molecule has 9 nitrogen and oxygen atoms in total. The topological polar surface area (TPSA) is 105 Å². The molecule has 1 amide bonds. The van der Waals surface area contributed by atoms with E-state index in [4.69, 9.17) is 4.74 Å². The number of nitrogens with zero attached hydrogens (tertiary/aromatic N) is 3. The van der Waals surface area contributed by atoms with Gasteiger partial charge in [-0.15, -0.1) is 0 Å². The van der Waals surface area contributed by atoms with Crippen LogP contribution in [0.3, 0.4) is 0 Å². The molecule has 4 heterocycles. The van der Waals surface area contributed by atoms with Crippen molar-refractivity contribution in [1.82, 2.24) is 24.3 Å². The molecule has 0 bridgehead atoms. The number of likely N-dealkylation sites (N-methyl/N-ethyl adjacent to an activating group) is 1. The first kappa shape index (κ1) is 23.0. The lowest BCUT2D eigenvalue weighted by atomic mass is 9.88. The number of hydrogen-bond acceptors (Lipinski definition) is 6. The van der Waals surface area contributed by atoms with Gasteiger partial charge in [0.05, 0.1) is 28.7 Å². The third-order valence-corrected chi connectivity index (χ3v) is 8.85. The van der Waals surface area contributed by atoms with Crippen LogP contribution in [0.15, 0.2) is 59.9 Å². The Labute approximate surface area is 199 Å². The van der Waals surface area contributed by atoms with Crippen LogP contribution < -0.4 is 10.6 Å². The molecule has 0 radical (unpaired) electrons. The molecule has 3 aromatic rings. The Hall–Kier alpha value is -2.79. The van der Waals surface area contributed by atoms with Gasteiger partial charge in [0.1, 0.15) is 5.65 Å². The molecule has 180 valence electrons. The number of ether oxygens (including phenoxy) is 1. The van der Waals surface area contributed by atoms with E-state index in [1.165, 1.54) is 4.31 Å². The number of sulfonamides is 1. The predicted octanol–water partition coefficient (Wildman–Crippen LogP) is 1.80. The molecule has 1 aromatic carbocycles. The molecule has 0 saturated carbocycles. The van der Waals surface area contributed by atoms with Crippen LogP contribution in [0.2, 0.25) is 0 Å². The third kappa shape index (κ3) is 4.46. The van der Waals surface area contributed by atoms with Crippen molar-refractivity contribution in [3.05, 3.63) is 66.1 Å². The summed E-state index contributed by atoms with van der Waals surface area (Å²) in [5.41, 5.74) is 1.91. The summed E-state index contributed by atoms with van der Waals surface area (Å²) >= 11 is 0. The highest BCUT2D eigenvalue weighted by atomic mass is 32.2. The molecule has 1 unspecified atom stereocenters. The van der Waals surface area contributed by atoms with E-state index in [0.29, 0.717) is 18.7 Å². The number of fused-ring (bicyclic) bond motifs is 1. The Morgan fingerprint density at radius 3 is 2.76 bits per heavy atom. The molecule has 2 aromatic heterocycles. The molecule has 2 fully saturated rings. The van der Waals surface area contributed by atoms with Crippen LogP contribution in [-0.4, -0.2) is 66.4 Å². The quantitative estimate of drug-likeness (QED) is 0.554. The molecule has 1 spiro atoms. The number of pyridine rings is 1. The van der Waals surface area contributed by atoms with Gasteiger partial charge in [0, 0.05) is 32.2 Å². The van der Waals surface area contributed by atoms with E-state index in [9.17, 15) is 13.2 Å². The van der Waals surface area contributed by atoms with Gasteiger partial charge in [-0.3, -0.25) is 4.79 Å². The van der Waals surface area contributed by atoms with E-state index in [1.807, 2.05) is 0 Å². The standard InChI is InChI=1S/C24H29N5O4S/c1-28(20-14-24(33-17-20)8-10-25-11-9-24)34(31,32)21-5-2-18(3-6-21)15-27-23(30)19-4-7-22-26-12-13-29(22)16-19/h2-7,12-13,16,20,25H,8-11,14-15,17H2,1H3,(H,27,30). The van der Waals surface area contributed by atoms with E-state index in [2.05, 4.69) is 15.6 Å². The van der Waals surface area contributed by atoms with Gasteiger partial charge in [0.15, 0.2) is 0 Å². The molecule has 2 aliphatic rings. The van der Waals surface area contributed by atoms with Gasteiger partial charge in [-0.25, -0.2) is 13.4 Å². The zero-order chi connectivity index (χ0) is 23.8.